The van der Waals surface area contributed by atoms with Crippen LogP contribution < -0.4 is 10.5 Å². The van der Waals surface area contributed by atoms with Crippen LogP contribution in [0.25, 0.3) is 0 Å². The second kappa shape index (κ2) is 5.40. The highest BCUT2D eigenvalue weighted by molar-refractivity contribution is 5.37. The van der Waals surface area contributed by atoms with E-state index >= 15 is 0 Å². The monoisotopic (exact) mass is 247 g/mol. The molecule has 17 heavy (non-hydrogen) atoms. The summed E-state index contributed by atoms with van der Waals surface area (Å²) in [6, 6.07) is 4.60. The zero-order valence-electron chi connectivity index (χ0n) is 9.84. The van der Waals surface area contributed by atoms with Gasteiger partial charge in [-0.05, 0) is 30.5 Å². The molecule has 0 saturated heterocycles. The summed E-state index contributed by atoms with van der Waals surface area (Å²) in [7, 11) is 1.52. The van der Waals surface area contributed by atoms with Crippen molar-refractivity contribution in [2.45, 2.75) is 32.0 Å². The summed E-state index contributed by atoms with van der Waals surface area (Å²) in [6.45, 7) is 1.86. The third-order valence-corrected chi connectivity index (χ3v) is 2.60. The summed E-state index contributed by atoms with van der Waals surface area (Å²) in [6.07, 6.45) is -5.15. The molecular formula is C12H16F3NO. The first kappa shape index (κ1) is 13.8. The van der Waals surface area contributed by atoms with E-state index in [1.807, 2.05) is 6.92 Å². The van der Waals surface area contributed by atoms with Crippen molar-refractivity contribution in [1.29, 1.82) is 0 Å². The van der Waals surface area contributed by atoms with E-state index in [4.69, 9.17) is 10.5 Å². The number of methoxy groups -OCH3 is 1. The van der Waals surface area contributed by atoms with Crippen LogP contribution in [0.2, 0.25) is 0 Å². The molecule has 1 rings (SSSR count). The van der Waals surface area contributed by atoms with Gasteiger partial charge in [0.1, 0.15) is 5.75 Å². The molecule has 0 heterocycles. The number of ether oxygens (including phenoxy) is 1. The SMILES string of the molecule is COc1cc([C@@H](N)CCC(F)(F)F)ccc1C. The molecule has 0 aliphatic rings. The van der Waals surface area contributed by atoms with Crippen LogP contribution in [0.5, 0.6) is 5.75 Å². The minimum absolute atomic E-state index is 0.115. The first-order valence-corrected chi connectivity index (χ1v) is 5.30. The lowest BCUT2D eigenvalue weighted by Crippen LogP contribution is -2.15. The van der Waals surface area contributed by atoms with Crippen molar-refractivity contribution in [3.63, 3.8) is 0 Å². The Kier molecular flexibility index (Phi) is 4.40. The van der Waals surface area contributed by atoms with Gasteiger partial charge >= 0.3 is 6.18 Å². The third kappa shape index (κ3) is 4.26. The fraction of sp³-hybridized carbons (Fsp3) is 0.500. The molecule has 0 aliphatic carbocycles. The number of aryl methyl sites for hydroxylation is 1. The first-order chi connectivity index (χ1) is 7.83. The van der Waals surface area contributed by atoms with Gasteiger partial charge in [0.2, 0.25) is 0 Å². The molecule has 0 spiro atoms. The first-order valence-electron chi connectivity index (χ1n) is 5.30. The number of rotatable bonds is 4. The molecule has 2 N–H and O–H groups in total. The van der Waals surface area contributed by atoms with Crippen LogP contribution in [0.3, 0.4) is 0 Å². The molecule has 0 bridgehead atoms. The van der Waals surface area contributed by atoms with Crippen molar-refractivity contribution in [3.05, 3.63) is 29.3 Å². The van der Waals surface area contributed by atoms with Gasteiger partial charge in [-0.2, -0.15) is 13.2 Å². The Morgan fingerprint density at radius 2 is 2.00 bits per heavy atom. The van der Waals surface area contributed by atoms with Crippen molar-refractivity contribution in [2.24, 2.45) is 5.73 Å². The Labute approximate surface area is 98.6 Å². The molecule has 96 valence electrons. The van der Waals surface area contributed by atoms with Crippen molar-refractivity contribution >= 4 is 0 Å². The van der Waals surface area contributed by atoms with E-state index in [1.165, 1.54) is 7.11 Å². The van der Waals surface area contributed by atoms with Gasteiger partial charge in [0.25, 0.3) is 0 Å². The fourth-order valence-corrected chi connectivity index (χ4v) is 1.55. The van der Waals surface area contributed by atoms with Gasteiger partial charge in [0, 0.05) is 12.5 Å². The molecule has 2 nitrogen and oxygen atoms in total. The smallest absolute Gasteiger partial charge is 0.389 e. The quantitative estimate of drug-likeness (QED) is 0.885. The molecule has 0 unspecified atom stereocenters. The minimum Gasteiger partial charge on any atom is -0.496 e. The van der Waals surface area contributed by atoms with Crippen LogP contribution in [0, 0.1) is 6.92 Å². The molecule has 0 amide bonds. The summed E-state index contributed by atoms with van der Waals surface area (Å²) in [5.41, 5.74) is 7.31. The Morgan fingerprint density at radius 3 is 2.53 bits per heavy atom. The normalized spacial score (nSPS) is 13.5. The van der Waals surface area contributed by atoms with Gasteiger partial charge in [-0.1, -0.05) is 12.1 Å². The molecule has 0 fully saturated rings. The number of benzene rings is 1. The number of alkyl halides is 3. The molecule has 0 aromatic heterocycles. The summed E-state index contributed by atoms with van der Waals surface area (Å²) in [4.78, 5) is 0. The fourth-order valence-electron chi connectivity index (χ4n) is 1.55. The Morgan fingerprint density at radius 1 is 1.35 bits per heavy atom. The molecule has 1 atom stereocenters. The maximum absolute atomic E-state index is 12.1. The van der Waals surface area contributed by atoms with E-state index < -0.39 is 18.6 Å². The zero-order valence-corrected chi connectivity index (χ0v) is 9.84. The maximum Gasteiger partial charge on any atom is 0.389 e. The van der Waals surface area contributed by atoms with Crippen molar-refractivity contribution < 1.29 is 17.9 Å². The summed E-state index contributed by atoms with van der Waals surface area (Å²) < 4.78 is 41.3. The molecule has 1 aromatic rings. The van der Waals surface area contributed by atoms with Gasteiger partial charge < -0.3 is 10.5 Å². The predicted octanol–water partition coefficient (Wildman–Crippen LogP) is 3.35. The van der Waals surface area contributed by atoms with Gasteiger partial charge in [-0.3, -0.25) is 0 Å². The maximum atomic E-state index is 12.1. The van der Waals surface area contributed by atoms with E-state index in [2.05, 4.69) is 0 Å². The third-order valence-electron chi connectivity index (χ3n) is 2.60. The lowest BCUT2D eigenvalue weighted by atomic mass is 10.0. The van der Waals surface area contributed by atoms with E-state index in [0.29, 0.717) is 11.3 Å². The summed E-state index contributed by atoms with van der Waals surface area (Å²) >= 11 is 0. The standard InChI is InChI=1S/C12H16F3NO/c1-8-3-4-9(7-11(8)17-2)10(16)5-6-12(13,14)15/h3-4,7,10H,5-6,16H2,1-2H3/t10-/m0/s1. The molecule has 0 radical (unpaired) electrons. The van der Waals surface area contributed by atoms with Crippen LogP contribution in [-0.4, -0.2) is 13.3 Å². The highest BCUT2D eigenvalue weighted by atomic mass is 19.4. The lowest BCUT2D eigenvalue weighted by Gasteiger charge is -2.15. The highest BCUT2D eigenvalue weighted by Gasteiger charge is 2.27. The van der Waals surface area contributed by atoms with Crippen LogP contribution in [0.15, 0.2) is 18.2 Å². The topological polar surface area (TPSA) is 35.2 Å². The van der Waals surface area contributed by atoms with Gasteiger partial charge in [0.15, 0.2) is 0 Å². The van der Waals surface area contributed by atoms with E-state index in [9.17, 15) is 13.2 Å². The zero-order chi connectivity index (χ0) is 13.1. The second-order valence-corrected chi connectivity index (χ2v) is 3.99. The highest BCUT2D eigenvalue weighted by Crippen LogP contribution is 2.28. The average Bonchev–Trinajstić information content (AvgIpc) is 2.25. The van der Waals surface area contributed by atoms with E-state index in [0.717, 1.165) is 5.56 Å². The Balaban J connectivity index is 2.72. The average molecular weight is 247 g/mol. The van der Waals surface area contributed by atoms with Crippen LogP contribution in [0.4, 0.5) is 13.2 Å². The Hall–Kier alpha value is -1.23. The molecule has 1 aromatic carbocycles. The van der Waals surface area contributed by atoms with Crippen molar-refractivity contribution in [1.82, 2.24) is 0 Å². The molecule has 0 saturated carbocycles. The van der Waals surface area contributed by atoms with Crippen molar-refractivity contribution in [2.75, 3.05) is 7.11 Å². The van der Waals surface area contributed by atoms with E-state index in [1.54, 1.807) is 18.2 Å². The van der Waals surface area contributed by atoms with Gasteiger partial charge in [-0.25, -0.2) is 0 Å². The van der Waals surface area contributed by atoms with Crippen LogP contribution in [0.1, 0.15) is 30.0 Å². The van der Waals surface area contributed by atoms with E-state index in [-0.39, 0.29) is 6.42 Å². The van der Waals surface area contributed by atoms with Gasteiger partial charge in [-0.15, -0.1) is 0 Å². The largest absolute Gasteiger partial charge is 0.496 e. The second-order valence-electron chi connectivity index (χ2n) is 3.99. The molecule has 0 aliphatic heterocycles. The lowest BCUT2D eigenvalue weighted by molar-refractivity contribution is -0.136. The minimum atomic E-state index is -4.16. The Bertz CT molecular complexity index is 377. The number of halogens is 3. The van der Waals surface area contributed by atoms with Crippen LogP contribution >= 0.6 is 0 Å². The van der Waals surface area contributed by atoms with Crippen molar-refractivity contribution in [3.8, 4) is 5.75 Å². The summed E-state index contributed by atoms with van der Waals surface area (Å²) in [5, 5.41) is 0. The van der Waals surface area contributed by atoms with Crippen LogP contribution in [-0.2, 0) is 0 Å². The molecular weight excluding hydrogens is 231 g/mol. The summed E-state index contributed by atoms with van der Waals surface area (Å²) in [5.74, 6) is 0.643. The van der Waals surface area contributed by atoms with Gasteiger partial charge in [0.05, 0.1) is 7.11 Å². The number of hydrogen-bond acceptors (Lipinski definition) is 2. The molecule has 5 heteroatoms. The predicted molar refractivity (Wildman–Crippen MR) is 59.9 cm³/mol. The number of hydrogen-bond donors (Lipinski definition) is 1. The number of nitrogens with two attached hydrogens (primary N) is 1.